The maximum absolute atomic E-state index is 13.4. The summed E-state index contributed by atoms with van der Waals surface area (Å²) in [5, 5.41) is 0. The lowest BCUT2D eigenvalue weighted by molar-refractivity contribution is -0.00625. The molecule has 0 saturated carbocycles. The van der Waals surface area contributed by atoms with Crippen LogP contribution in [0.25, 0.3) is 11.1 Å². The van der Waals surface area contributed by atoms with Crippen molar-refractivity contribution in [1.82, 2.24) is 18.6 Å². The molecule has 8 nitrogen and oxygen atoms in total. The second-order valence-electron chi connectivity index (χ2n) is 7.18. The van der Waals surface area contributed by atoms with Crippen molar-refractivity contribution in [3.05, 3.63) is 42.0 Å². The Morgan fingerprint density at radius 1 is 1.20 bits per heavy atom. The van der Waals surface area contributed by atoms with Crippen LogP contribution in [-0.2, 0) is 14.9 Å². The molecule has 0 bridgehead atoms. The van der Waals surface area contributed by atoms with Gasteiger partial charge in [-0.15, -0.1) is 0 Å². The van der Waals surface area contributed by atoms with Gasteiger partial charge in [0.25, 0.3) is 10.2 Å². The molecule has 1 aromatic carbocycles. The van der Waals surface area contributed by atoms with Crippen LogP contribution in [0.2, 0.25) is 0 Å². The molecule has 1 saturated heterocycles. The molecule has 10 heteroatoms. The molecule has 1 aromatic heterocycles. The molecule has 30 heavy (non-hydrogen) atoms. The van der Waals surface area contributed by atoms with Gasteiger partial charge in [0.2, 0.25) is 5.95 Å². The smallest absolute Gasteiger partial charge is 0.282 e. The average Bonchev–Trinajstić information content (AvgIpc) is 2.74. The number of anilines is 1. The molecule has 2 aromatic rings. The molecule has 0 aliphatic carbocycles. The summed E-state index contributed by atoms with van der Waals surface area (Å²) in [5.74, 6) is 0.153. The topological polar surface area (TPSA) is 78.9 Å². The van der Waals surface area contributed by atoms with Crippen LogP contribution in [0.4, 0.5) is 10.3 Å². The Hall–Kier alpha value is -2.14. The molecule has 1 unspecified atom stereocenters. The summed E-state index contributed by atoms with van der Waals surface area (Å²) in [7, 11) is 0.0664. The summed E-state index contributed by atoms with van der Waals surface area (Å²) in [6.07, 6.45) is 1.11. The minimum atomic E-state index is -3.59. The van der Waals surface area contributed by atoms with Gasteiger partial charge in [-0.05, 0) is 17.7 Å². The van der Waals surface area contributed by atoms with E-state index in [9.17, 15) is 12.8 Å². The van der Waals surface area contributed by atoms with E-state index in [-0.39, 0.29) is 25.5 Å². The number of hydrogen-bond acceptors (Lipinski definition) is 6. The molecule has 0 amide bonds. The minimum Gasteiger partial charge on any atom is -0.369 e. The number of aromatic nitrogens is 2. The molecule has 164 valence electrons. The van der Waals surface area contributed by atoms with Crippen LogP contribution in [0.1, 0.15) is 25.6 Å². The summed E-state index contributed by atoms with van der Waals surface area (Å²) >= 11 is 0. The van der Waals surface area contributed by atoms with Gasteiger partial charge >= 0.3 is 0 Å². The fourth-order valence-electron chi connectivity index (χ4n) is 3.41. The predicted molar refractivity (Wildman–Crippen MR) is 114 cm³/mol. The van der Waals surface area contributed by atoms with Gasteiger partial charge in [-0.3, -0.25) is 0 Å². The summed E-state index contributed by atoms with van der Waals surface area (Å²) in [6.45, 7) is 5.14. The molecule has 1 atom stereocenters. The fourth-order valence-corrected chi connectivity index (χ4v) is 5.02. The molecular weight excluding hydrogens is 409 g/mol. The van der Waals surface area contributed by atoms with Gasteiger partial charge in [0.15, 0.2) is 0 Å². The predicted octanol–water partition coefficient (Wildman–Crippen LogP) is 2.31. The lowest BCUT2D eigenvalue weighted by Crippen LogP contribution is -2.49. The summed E-state index contributed by atoms with van der Waals surface area (Å²) in [4.78, 5) is 10.8. The number of halogens is 1. The first kappa shape index (κ1) is 22.5. The lowest BCUT2D eigenvalue weighted by atomic mass is 10.0. The molecule has 1 fully saturated rings. The van der Waals surface area contributed by atoms with E-state index >= 15 is 0 Å². The molecule has 1 aliphatic rings. The van der Waals surface area contributed by atoms with Gasteiger partial charge in [0.05, 0.1) is 12.3 Å². The van der Waals surface area contributed by atoms with Crippen LogP contribution in [0.15, 0.2) is 30.5 Å². The molecule has 0 N–H and O–H groups in total. The number of hydrogen-bond donors (Lipinski definition) is 0. The van der Waals surface area contributed by atoms with Crippen molar-refractivity contribution in [2.75, 3.05) is 51.8 Å². The van der Waals surface area contributed by atoms with Crippen LogP contribution >= 0.6 is 0 Å². The summed E-state index contributed by atoms with van der Waals surface area (Å²) < 4.78 is 48.3. The van der Waals surface area contributed by atoms with E-state index in [0.29, 0.717) is 30.3 Å². The SMILES string of the molecule is CCN(CC)S(=O)(=O)N1CCOC(c2nc(N(C)C)ncc2-c2ccc(F)cc2)C1. The third kappa shape index (κ3) is 4.61. The van der Waals surface area contributed by atoms with Crippen LogP contribution in [0, 0.1) is 5.82 Å². The lowest BCUT2D eigenvalue weighted by Gasteiger charge is -2.35. The third-order valence-electron chi connectivity index (χ3n) is 5.05. The van der Waals surface area contributed by atoms with E-state index < -0.39 is 16.3 Å². The highest BCUT2D eigenvalue weighted by molar-refractivity contribution is 7.86. The molecule has 0 radical (unpaired) electrons. The Balaban J connectivity index is 2.00. The van der Waals surface area contributed by atoms with E-state index in [1.807, 2.05) is 27.9 Å². The standard InChI is InChI=1S/C20H28FN5O3S/c1-5-25(6-2)30(27,28)26-11-12-29-18(14-26)19-17(13-22-20(23-19)24(3)4)15-7-9-16(21)10-8-15/h7-10,13,18H,5-6,11-12,14H2,1-4H3. The second-order valence-corrected chi connectivity index (χ2v) is 9.11. The van der Waals surface area contributed by atoms with E-state index in [0.717, 1.165) is 5.56 Å². The molecular formula is C20H28FN5O3S. The monoisotopic (exact) mass is 437 g/mol. The van der Waals surface area contributed by atoms with E-state index in [4.69, 9.17) is 4.74 Å². The highest BCUT2D eigenvalue weighted by Crippen LogP contribution is 2.32. The number of rotatable bonds is 7. The minimum absolute atomic E-state index is 0.150. The highest BCUT2D eigenvalue weighted by atomic mass is 32.2. The number of nitrogens with zero attached hydrogens (tertiary/aromatic N) is 5. The summed E-state index contributed by atoms with van der Waals surface area (Å²) in [5.41, 5.74) is 2.01. The number of benzene rings is 1. The maximum Gasteiger partial charge on any atom is 0.282 e. The van der Waals surface area contributed by atoms with Crippen LogP contribution in [-0.4, -0.2) is 73.9 Å². The normalized spacial score (nSPS) is 18.0. The highest BCUT2D eigenvalue weighted by Gasteiger charge is 2.35. The van der Waals surface area contributed by atoms with Gasteiger partial charge in [0, 0.05) is 52.0 Å². The third-order valence-corrected chi connectivity index (χ3v) is 7.21. The zero-order chi connectivity index (χ0) is 21.9. The first-order valence-electron chi connectivity index (χ1n) is 9.94. The second kappa shape index (κ2) is 9.34. The largest absolute Gasteiger partial charge is 0.369 e. The first-order chi connectivity index (χ1) is 14.3. The quantitative estimate of drug-likeness (QED) is 0.662. The molecule has 2 heterocycles. The Bertz CT molecular complexity index is 965. The molecule has 3 rings (SSSR count). The van der Waals surface area contributed by atoms with Crippen LogP contribution < -0.4 is 4.90 Å². The Morgan fingerprint density at radius 3 is 2.47 bits per heavy atom. The average molecular weight is 438 g/mol. The maximum atomic E-state index is 13.4. The van der Waals surface area contributed by atoms with Gasteiger partial charge in [-0.1, -0.05) is 26.0 Å². The Morgan fingerprint density at radius 2 is 1.87 bits per heavy atom. The molecule has 0 spiro atoms. The van der Waals surface area contributed by atoms with Gasteiger partial charge in [0.1, 0.15) is 11.9 Å². The van der Waals surface area contributed by atoms with E-state index in [1.165, 1.54) is 20.7 Å². The van der Waals surface area contributed by atoms with Gasteiger partial charge in [-0.2, -0.15) is 17.0 Å². The van der Waals surface area contributed by atoms with Crippen molar-refractivity contribution in [3.8, 4) is 11.1 Å². The summed E-state index contributed by atoms with van der Waals surface area (Å²) in [6, 6.07) is 6.05. The van der Waals surface area contributed by atoms with Crippen molar-refractivity contribution in [2.24, 2.45) is 0 Å². The zero-order valence-corrected chi connectivity index (χ0v) is 18.6. The number of ether oxygens (including phenoxy) is 1. The van der Waals surface area contributed by atoms with Crippen molar-refractivity contribution in [2.45, 2.75) is 20.0 Å². The van der Waals surface area contributed by atoms with Crippen molar-refractivity contribution in [1.29, 1.82) is 0 Å². The van der Waals surface area contributed by atoms with E-state index in [2.05, 4.69) is 9.97 Å². The zero-order valence-electron chi connectivity index (χ0n) is 17.7. The van der Waals surface area contributed by atoms with Crippen LogP contribution in [0.5, 0.6) is 0 Å². The van der Waals surface area contributed by atoms with Crippen molar-refractivity contribution < 1.29 is 17.5 Å². The van der Waals surface area contributed by atoms with Crippen molar-refractivity contribution >= 4 is 16.2 Å². The molecule has 1 aliphatic heterocycles. The number of morpholine rings is 1. The Labute approximate surface area is 177 Å². The fraction of sp³-hybridized carbons (Fsp3) is 0.500. The van der Waals surface area contributed by atoms with Gasteiger partial charge in [-0.25, -0.2) is 14.4 Å². The first-order valence-corrected chi connectivity index (χ1v) is 11.3. The van der Waals surface area contributed by atoms with Gasteiger partial charge < -0.3 is 9.64 Å². The van der Waals surface area contributed by atoms with Crippen molar-refractivity contribution in [3.63, 3.8) is 0 Å². The Kier molecular flexibility index (Phi) is 7.02. The van der Waals surface area contributed by atoms with E-state index in [1.54, 1.807) is 23.2 Å². The van der Waals surface area contributed by atoms with Crippen LogP contribution in [0.3, 0.4) is 0 Å².